The lowest BCUT2D eigenvalue weighted by Crippen LogP contribution is -1.86. The minimum atomic E-state index is -0.0137. The number of hydrogen-bond donors (Lipinski definition) is 1. The van der Waals surface area contributed by atoms with E-state index in [9.17, 15) is 0 Å². The molecule has 0 rings (SSSR count). The lowest BCUT2D eigenvalue weighted by molar-refractivity contribution is 0.285. The summed E-state index contributed by atoms with van der Waals surface area (Å²) in [6, 6.07) is 0. The third-order valence-electron chi connectivity index (χ3n) is 1.19. The van der Waals surface area contributed by atoms with Crippen molar-refractivity contribution in [2.75, 3.05) is 20.8 Å². The molecule has 0 aliphatic heterocycles. The van der Waals surface area contributed by atoms with Crippen molar-refractivity contribution in [2.45, 2.75) is 0 Å². The topological polar surface area (TPSA) is 38.7 Å². The van der Waals surface area contributed by atoms with Gasteiger partial charge in [0.05, 0.1) is 20.8 Å². The number of aliphatic hydroxyl groups excluding tert-OH is 1. The van der Waals surface area contributed by atoms with E-state index in [1.807, 2.05) is 0 Å². The molecule has 0 amide bonds. The van der Waals surface area contributed by atoms with E-state index in [1.165, 1.54) is 14.2 Å². The number of aliphatic hydroxyl groups is 1. The summed E-state index contributed by atoms with van der Waals surface area (Å²) in [5, 5.41) is 8.48. The smallest absolute Gasteiger partial charge is 0.122 e. The van der Waals surface area contributed by atoms with Crippen molar-refractivity contribution in [3.63, 3.8) is 0 Å². The van der Waals surface area contributed by atoms with Gasteiger partial charge in [0.2, 0.25) is 0 Å². The quantitative estimate of drug-likeness (QED) is 0.498. The number of methoxy groups -OCH3 is 2. The molecule has 0 spiro atoms. The predicted molar refractivity (Wildman–Crippen MR) is 47.5 cm³/mol. The molecule has 0 saturated heterocycles. The van der Waals surface area contributed by atoms with Gasteiger partial charge in [-0.05, 0) is 6.08 Å². The normalized spacial score (nSPS) is 11.8. The van der Waals surface area contributed by atoms with Gasteiger partial charge < -0.3 is 14.6 Å². The summed E-state index contributed by atoms with van der Waals surface area (Å²) in [6.07, 6.45) is 4.84. The van der Waals surface area contributed by atoms with E-state index in [0.717, 1.165) is 0 Å². The molecule has 12 heavy (non-hydrogen) atoms. The second-order valence-electron chi connectivity index (χ2n) is 2.01. The molecule has 0 aromatic rings. The largest absolute Gasteiger partial charge is 0.497 e. The zero-order valence-electron chi connectivity index (χ0n) is 7.41. The Morgan fingerprint density at radius 2 is 2.08 bits per heavy atom. The lowest BCUT2D eigenvalue weighted by Gasteiger charge is -2.01. The van der Waals surface area contributed by atoms with Crippen LogP contribution in [0.4, 0.5) is 0 Å². The Labute approximate surface area is 72.6 Å². The minimum Gasteiger partial charge on any atom is -0.497 e. The summed E-state index contributed by atoms with van der Waals surface area (Å²) in [4.78, 5) is 0. The maximum atomic E-state index is 8.48. The molecule has 0 saturated carbocycles. The Balaban J connectivity index is 4.22. The summed E-state index contributed by atoms with van der Waals surface area (Å²) in [5.74, 6) is 1.10. The van der Waals surface area contributed by atoms with E-state index in [2.05, 4.69) is 6.58 Å². The van der Waals surface area contributed by atoms with Gasteiger partial charge in [-0.2, -0.15) is 0 Å². The van der Waals surface area contributed by atoms with Crippen LogP contribution in [0.1, 0.15) is 0 Å². The molecule has 0 heterocycles. The van der Waals surface area contributed by atoms with E-state index in [1.54, 1.807) is 18.2 Å². The van der Waals surface area contributed by atoms with Crippen LogP contribution < -0.4 is 0 Å². The first-order valence-electron chi connectivity index (χ1n) is 3.50. The van der Waals surface area contributed by atoms with Crippen LogP contribution in [0.3, 0.4) is 0 Å². The average molecular weight is 170 g/mol. The molecule has 0 fully saturated rings. The standard InChI is InChI=1S/C9H14O3/c1-8(11-2)7-9(12-3)5-4-6-10/h4-5,7,10H,1,6H2,2-3H3/b5-4+,9-7+. The number of allylic oxidation sites excluding steroid dienone is 2. The molecular formula is C9H14O3. The molecule has 0 aromatic heterocycles. The van der Waals surface area contributed by atoms with Crippen molar-refractivity contribution in [1.29, 1.82) is 0 Å². The van der Waals surface area contributed by atoms with Gasteiger partial charge in [0.15, 0.2) is 0 Å². The first-order valence-corrected chi connectivity index (χ1v) is 3.50. The Hall–Kier alpha value is -1.22. The van der Waals surface area contributed by atoms with Crippen LogP contribution in [0.2, 0.25) is 0 Å². The molecule has 0 aliphatic rings. The van der Waals surface area contributed by atoms with Crippen molar-refractivity contribution in [2.24, 2.45) is 0 Å². The maximum Gasteiger partial charge on any atom is 0.122 e. The van der Waals surface area contributed by atoms with E-state index in [0.29, 0.717) is 11.5 Å². The SMILES string of the molecule is C=C(/C=C(\C=C\CO)OC)OC. The highest BCUT2D eigenvalue weighted by Crippen LogP contribution is 2.03. The second kappa shape index (κ2) is 6.49. The summed E-state index contributed by atoms with van der Waals surface area (Å²) in [5.41, 5.74) is 0. The van der Waals surface area contributed by atoms with Gasteiger partial charge >= 0.3 is 0 Å². The maximum absolute atomic E-state index is 8.48. The third-order valence-corrected chi connectivity index (χ3v) is 1.19. The van der Waals surface area contributed by atoms with Gasteiger partial charge in [-0.15, -0.1) is 0 Å². The van der Waals surface area contributed by atoms with Crippen molar-refractivity contribution in [1.82, 2.24) is 0 Å². The fourth-order valence-corrected chi connectivity index (χ4v) is 0.562. The van der Waals surface area contributed by atoms with Crippen LogP contribution in [0.25, 0.3) is 0 Å². The Morgan fingerprint density at radius 1 is 1.42 bits per heavy atom. The lowest BCUT2D eigenvalue weighted by atomic mass is 10.3. The molecule has 1 N–H and O–H groups in total. The Morgan fingerprint density at radius 3 is 2.50 bits per heavy atom. The zero-order valence-corrected chi connectivity index (χ0v) is 7.41. The summed E-state index contributed by atoms with van der Waals surface area (Å²) in [7, 11) is 3.07. The summed E-state index contributed by atoms with van der Waals surface area (Å²) < 4.78 is 9.76. The fraction of sp³-hybridized carbons (Fsp3) is 0.333. The van der Waals surface area contributed by atoms with Gasteiger partial charge in [-0.3, -0.25) is 0 Å². The van der Waals surface area contributed by atoms with Gasteiger partial charge in [0.1, 0.15) is 11.5 Å². The fourth-order valence-electron chi connectivity index (χ4n) is 0.562. The first-order chi connectivity index (χ1) is 5.74. The van der Waals surface area contributed by atoms with Gasteiger partial charge in [0.25, 0.3) is 0 Å². The summed E-state index contributed by atoms with van der Waals surface area (Å²) >= 11 is 0. The highest BCUT2D eigenvalue weighted by molar-refractivity contribution is 5.20. The van der Waals surface area contributed by atoms with E-state index < -0.39 is 0 Å². The molecule has 0 unspecified atom stereocenters. The number of hydrogen-bond acceptors (Lipinski definition) is 3. The van der Waals surface area contributed by atoms with Crippen LogP contribution in [-0.4, -0.2) is 25.9 Å². The first kappa shape index (κ1) is 10.8. The number of rotatable bonds is 5. The second-order valence-corrected chi connectivity index (χ2v) is 2.01. The van der Waals surface area contributed by atoms with Crippen molar-refractivity contribution < 1.29 is 14.6 Å². The molecule has 0 bridgehead atoms. The summed E-state index contributed by atoms with van der Waals surface area (Å²) in [6.45, 7) is 3.58. The molecule has 0 radical (unpaired) electrons. The minimum absolute atomic E-state index is 0.0137. The van der Waals surface area contributed by atoms with Crippen molar-refractivity contribution in [3.05, 3.63) is 36.3 Å². The third kappa shape index (κ3) is 4.57. The molecule has 68 valence electrons. The van der Waals surface area contributed by atoms with Crippen LogP contribution in [0, 0.1) is 0 Å². The van der Waals surface area contributed by atoms with E-state index >= 15 is 0 Å². The highest BCUT2D eigenvalue weighted by Gasteiger charge is 1.91. The van der Waals surface area contributed by atoms with Gasteiger partial charge in [0, 0.05) is 6.08 Å². The van der Waals surface area contributed by atoms with Crippen molar-refractivity contribution >= 4 is 0 Å². The van der Waals surface area contributed by atoms with Crippen molar-refractivity contribution in [3.8, 4) is 0 Å². The van der Waals surface area contributed by atoms with Crippen LogP contribution in [0.5, 0.6) is 0 Å². The van der Waals surface area contributed by atoms with E-state index in [4.69, 9.17) is 14.6 Å². The predicted octanol–water partition coefficient (Wildman–Crippen LogP) is 1.23. The van der Waals surface area contributed by atoms with Crippen LogP contribution in [-0.2, 0) is 9.47 Å². The Bertz CT molecular complexity index is 192. The molecule has 0 aliphatic carbocycles. The van der Waals surface area contributed by atoms with Crippen LogP contribution in [0.15, 0.2) is 36.3 Å². The highest BCUT2D eigenvalue weighted by atomic mass is 16.5. The van der Waals surface area contributed by atoms with Gasteiger partial charge in [-0.1, -0.05) is 12.7 Å². The number of ether oxygens (including phenoxy) is 2. The molecule has 3 heteroatoms. The van der Waals surface area contributed by atoms with Gasteiger partial charge in [-0.25, -0.2) is 0 Å². The monoisotopic (exact) mass is 170 g/mol. The average Bonchev–Trinajstić information content (AvgIpc) is 2.11. The Kier molecular flexibility index (Phi) is 5.83. The molecule has 0 aromatic carbocycles. The molecular weight excluding hydrogens is 156 g/mol. The van der Waals surface area contributed by atoms with Crippen LogP contribution >= 0.6 is 0 Å². The molecule has 3 nitrogen and oxygen atoms in total. The zero-order chi connectivity index (χ0) is 9.40. The van der Waals surface area contributed by atoms with E-state index in [-0.39, 0.29) is 6.61 Å². The molecule has 0 atom stereocenters.